The highest BCUT2D eigenvalue weighted by atomic mass is 19.3. The summed E-state index contributed by atoms with van der Waals surface area (Å²) in [4.78, 5) is 0. The number of hydrogen-bond acceptors (Lipinski definition) is 3. The Hall–Kier alpha value is -1.91. The summed E-state index contributed by atoms with van der Waals surface area (Å²) in [7, 11) is 0. The maximum absolute atomic E-state index is 13.0. The number of aromatic nitrogens is 1. The van der Waals surface area contributed by atoms with Crippen LogP contribution in [-0.2, 0) is 5.92 Å². The number of halogens is 2. The molecule has 84 valence electrons. The second-order valence-electron chi connectivity index (χ2n) is 3.57. The lowest BCUT2D eigenvalue weighted by Crippen LogP contribution is -2.06. The first-order valence-electron chi connectivity index (χ1n) is 4.67. The second kappa shape index (κ2) is 3.59. The predicted molar refractivity (Wildman–Crippen MR) is 55.9 cm³/mol. The van der Waals surface area contributed by atoms with Gasteiger partial charge in [-0.3, -0.25) is 0 Å². The summed E-state index contributed by atoms with van der Waals surface area (Å²) in [5.41, 5.74) is 6.79. The lowest BCUT2D eigenvalue weighted by atomic mass is 10.0. The molecule has 0 aliphatic carbocycles. The molecule has 0 bridgehead atoms. The van der Waals surface area contributed by atoms with Crippen molar-refractivity contribution in [1.29, 1.82) is 0 Å². The highest BCUT2D eigenvalue weighted by Gasteiger charge is 2.23. The van der Waals surface area contributed by atoms with Gasteiger partial charge in [0.1, 0.15) is 0 Å². The molecule has 0 amide bonds. The number of nitrogens with zero attached hydrogens (tertiary/aromatic N) is 1. The number of rotatable bonds is 2. The van der Waals surface area contributed by atoms with Gasteiger partial charge in [-0.05, 0) is 5.56 Å². The van der Waals surface area contributed by atoms with Crippen molar-refractivity contribution in [2.45, 2.75) is 12.8 Å². The minimum Gasteiger partial charge on any atom is -0.367 e. The molecule has 5 heteroatoms. The van der Waals surface area contributed by atoms with Crippen LogP contribution in [0.2, 0.25) is 0 Å². The normalized spacial score (nSPS) is 11.7. The SMILES string of the molecule is CC(F)(F)c1ccc(-c2cnoc2N)cc1. The summed E-state index contributed by atoms with van der Waals surface area (Å²) >= 11 is 0. The van der Waals surface area contributed by atoms with E-state index in [9.17, 15) is 8.78 Å². The van der Waals surface area contributed by atoms with Crippen molar-refractivity contribution in [3.8, 4) is 11.1 Å². The first kappa shape index (κ1) is 10.6. The fourth-order valence-electron chi connectivity index (χ4n) is 1.41. The highest BCUT2D eigenvalue weighted by molar-refractivity contribution is 5.71. The maximum atomic E-state index is 13.0. The topological polar surface area (TPSA) is 52.0 Å². The number of anilines is 1. The molecule has 0 fully saturated rings. The third kappa shape index (κ3) is 1.88. The third-order valence-electron chi connectivity index (χ3n) is 2.30. The van der Waals surface area contributed by atoms with Crippen molar-refractivity contribution in [2.24, 2.45) is 0 Å². The van der Waals surface area contributed by atoms with E-state index in [1.807, 2.05) is 0 Å². The van der Waals surface area contributed by atoms with Crippen LogP contribution in [0.3, 0.4) is 0 Å². The Labute approximate surface area is 90.9 Å². The molecule has 1 heterocycles. The minimum absolute atomic E-state index is 0.0359. The van der Waals surface area contributed by atoms with Gasteiger partial charge in [-0.25, -0.2) is 8.78 Å². The van der Waals surface area contributed by atoms with E-state index >= 15 is 0 Å². The fourth-order valence-corrected chi connectivity index (χ4v) is 1.41. The van der Waals surface area contributed by atoms with Crippen molar-refractivity contribution in [3.63, 3.8) is 0 Å². The molecule has 0 saturated carbocycles. The lowest BCUT2D eigenvalue weighted by molar-refractivity contribution is 0.0175. The molecule has 0 spiro atoms. The Morgan fingerprint density at radius 3 is 2.31 bits per heavy atom. The fraction of sp³-hybridized carbons (Fsp3) is 0.182. The number of nitrogen functional groups attached to an aromatic ring is 1. The van der Waals surface area contributed by atoms with Crippen LogP contribution in [0.5, 0.6) is 0 Å². The summed E-state index contributed by atoms with van der Waals surface area (Å²) < 4.78 is 30.6. The second-order valence-corrected chi connectivity index (χ2v) is 3.57. The molecule has 0 unspecified atom stereocenters. The zero-order valence-corrected chi connectivity index (χ0v) is 8.58. The molecule has 2 N–H and O–H groups in total. The maximum Gasteiger partial charge on any atom is 0.270 e. The van der Waals surface area contributed by atoms with E-state index in [0.717, 1.165) is 6.92 Å². The first-order chi connectivity index (χ1) is 7.48. The van der Waals surface area contributed by atoms with Crippen molar-refractivity contribution in [1.82, 2.24) is 5.16 Å². The minimum atomic E-state index is -2.83. The van der Waals surface area contributed by atoms with Gasteiger partial charge in [0.25, 0.3) is 5.92 Å². The molecule has 0 aliphatic heterocycles. The molecule has 0 radical (unpaired) electrons. The van der Waals surface area contributed by atoms with Crippen LogP contribution in [0, 0.1) is 0 Å². The zero-order valence-electron chi connectivity index (χ0n) is 8.58. The average Bonchev–Trinajstić information content (AvgIpc) is 2.63. The van der Waals surface area contributed by atoms with E-state index in [0.29, 0.717) is 11.1 Å². The van der Waals surface area contributed by atoms with Crippen LogP contribution in [0.1, 0.15) is 12.5 Å². The standard InChI is InChI=1S/C11H10F2N2O/c1-11(12,13)8-4-2-7(3-5-8)9-6-15-16-10(9)14/h2-6H,14H2,1H3. The van der Waals surface area contributed by atoms with Crippen LogP contribution in [0.25, 0.3) is 11.1 Å². The van der Waals surface area contributed by atoms with Gasteiger partial charge in [-0.2, -0.15) is 0 Å². The predicted octanol–water partition coefficient (Wildman–Crippen LogP) is 3.04. The van der Waals surface area contributed by atoms with Gasteiger partial charge in [0.2, 0.25) is 5.88 Å². The van der Waals surface area contributed by atoms with Crippen molar-refractivity contribution >= 4 is 5.88 Å². The highest BCUT2D eigenvalue weighted by Crippen LogP contribution is 2.30. The van der Waals surface area contributed by atoms with Crippen LogP contribution >= 0.6 is 0 Å². The van der Waals surface area contributed by atoms with Gasteiger partial charge >= 0.3 is 0 Å². The van der Waals surface area contributed by atoms with Gasteiger partial charge in [0, 0.05) is 12.5 Å². The Bertz CT molecular complexity index is 485. The van der Waals surface area contributed by atoms with E-state index in [1.54, 1.807) is 12.1 Å². The average molecular weight is 224 g/mol. The van der Waals surface area contributed by atoms with Crippen LogP contribution in [0.4, 0.5) is 14.7 Å². The van der Waals surface area contributed by atoms with Crippen molar-refractivity contribution in [2.75, 3.05) is 5.73 Å². The summed E-state index contributed by atoms with van der Waals surface area (Å²) in [5.74, 6) is -2.66. The molecule has 1 aromatic heterocycles. The summed E-state index contributed by atoms with van der Waals surface area (Å²) in [6.45, 7) is 0.857. The molecule has 0 aliphatic rings. The van der Waals surface area contributed by atoms with E-state index in [1.165, 1.54) is 18.3 Å². The van der Waals surface area contributed by atoms with E-state index in [4.69, 9.17) is 10.3 Å². The van der Waals surface area contributed by atoms with E-state index < -0.39 is 5.92 Å². The number of alkyl halides is 2. The summed E-state index contributed by atoms with van der Waals surface area (Å²) in [6, 6.07) is 5.86. The van der Waals surface area contributed by atoms with Gasteiger partial charge in [0.15, 0.2) is 0 Å². The van der Waals surface area contributed by atoms with Gasteiger partial charge in [-0.1, -0.05) is 29.4 Å². The number of hydrogen-bond donors (Lipinski definition) is 1. The Kier molecular flexibility index (Phi) is 2.38. The molecule has 2 rings (SSSR count). The summed E-state index contributed by atoms with van der Waals surface area (Å²) in [5, 5.41) is 3.52. The van der Waals surface area contributed by atoms with Crippen molar-refractivity contribution in [3.05, 3.63) is 36.0 Å². The molecule has 2 aromatic rings. The van der Waals surface area contributed by atoms with Gasteiger partial charge in [-0.15, -0.1) is 0 Å². The van der Waals surface area contributed by atoms with Crippen molar-refractivity contribution < 1.29 is 13.3 Å². The number of nitrogens with two attached hydrogens (primary N) is 1. The Balaban J connectivity index is 2.37. The molecule has 1 aromatic carbocycles. The molecular weight excluding hydrogens is 214 g/mol. The van der Waals surface area contributed by atoms with E-state index in [-0.39, 0.29) is 11.4 Å². The summed E-state index contributed by atoms with van der Waals surface area (Å²) in [6.07, 6.45) is 1.45. The monoisotopic (exact) mass is 224 g/mol. The molecule has 0 saturated heterocycles. The molecule has 16 heavy (non-hydrogen) atoms. The zero-order chi connectivity index (χ0) is 11.8. The van der Waals surface area contributed by atoms with Gasteiger partial charge < -0.3 is 10.3 Å². The molecular formula is C11H10F2N2O. The van der Waals surface area contributed by atoms with Gasteiger partial charge in [0.05, 0.1) is 11.8 Å². The molecule has 3 nitrogen and oxygen atoms in total. The number of benzene rings is 1. The largest absolute Gasteiger partial charge is 0.367 e. The quantitative estimate of drug-likeness (QED) is 0.852. The Morgan fingerprint density at radius 1 is 1.25 bits per heavy atom. The molecule has 0 atom stereocenters. The van der Waals surface area contributed by atoms with Crippen LogP contribution in [-0.4, -0.2) is 5.16 Å². The third-order valence-corrected chi connectivity index (χ3v) is 2.30. The smallest absolute Gasteiger partial charge is 0.270 e. The first-order valence-corrected chi connectivity index (χ1v) is 4.67. The van der Waals surface area contributed by atoms with Crippen LogP contribution in [0.15, 0.2) is 35.0 Å². The Morgan fingerprint density at radius 2 is 1.88 bits per heavy atom. The van der Waals surface area contributed by atoms with Crippen LogP contribution < -0.4 is 5.73 Å². The van der Waals surface area contributed by atoms with E-state index in [2.05, 4.69) is 5.16 Å². The lowest BCUT2D eigenvalue weighted by Gasteiger charge is -2.10.